The fourth-order valence-electron chi connectivity index (χ4n) is 1.91. The van der Waals surface area contributed by atoms with Crippen LogP contribution in [0.2, 0.25) is 0 Å². The molecule has 22 heavy (non-hydrogen) atoms. The Kier molecular flexibility index (Phi) is 4.67. The molecule has 1 aromatic carbocycles. The molecule has 0 spiro atoms. The lowest BCUT2D eigenvalue weighted by atomic mass is 10.2. The Morgan fingerprint density at radius 2 is 2.00 bits per heavy atom. The van der Waals surface area contributed by atoms with Crippen molar-refractivity contribution < 1.29 is 23.9 Å². The number of para-hydroxylation sites is 1. The molecule has 0 aliphatic carbocycles. The van der Waals surface area contributed by atoms with Crippen molar-refractivity contribution in [2.45, 2.75) is 6.92 Å². The summed E-state index contributed by atoms with van der Waals surface area (Å²) in [5, 5.41) is 4.05. The molecule has 0 fully saturated rings. The van der Waals surface area contributed by atoms with Crippen LogP contribution in [-0.2, 0) is 9.47 Å². The first kappa shape index (κ1) is 15.4. The van der Waals surface area contributed by atoms with Crippen LogP contribution in [0.25, 0.3) is 5.69 Å². The Bertz CT molecular complexity index is 720. The summed E-state index contributed by atoms with van der Waals surface area (Å²) in [7, 11) is 1.27. The summed E-state index contributed by atoms with van der Waals surface area (Å²) in [6.07, 6.45) is 1.87. The number of hydrogen-bond acceptors (Lipinski definition) is 6. The van der Waals surface area contributed by atoms with Gasteiger partial charge in [0.25, 0.3) is 0 Å². The fraction of sp³-hybridized carbons (Fsp3) is 0.200. The molecule has 114 valence electrons. The lowest BCUT2D eigenvalue weighted by Crippen LogP contribution is -2.10. The topological polar surface area (TPSA) is 87.5 Å². The zero-order valence-electron chi connectivity index (χ0n) is 12.1. The van der Waals surface area contributed by atoms with Crippen molar-refractivity contribution in [3.63, 3.8) is 0 Å². The number of hydrogen-bond donors (Lipinski definition) is 0. The van der Waals surface area contributed by atoms with Crippen LogP contribution in [0.4, 0.5) is 0 Å². The van der Waals surface area contributed by atoms with Crippen molar-refractivity contribution in [1.82, 2.24) is 9.78 Å². The Hall–Kier alpha value is -2.96. The number of carbonyl (C=O) groups excluding carboxylic acids is 3. The van der Waals surface area contributed by atoms with Crippen LogP contribution < -0.4 is 0 Å². The molecule has 0 bridgehead atoms. The summed E-state index contributed by atoms with van der Waals surface area (Å²) in [6.45, 7) is 1.82. The van der Waals surface area contributed by atoms with E-state index in [4.69, 9.17) is 9.47 Å². The van der Waals surface area contributed by atoms with Gasteiger partial charge in [0.1, 0.15) is 0 Å². The van der Waals surface area contributed by atoms with Gasteiger partial charge in [0.2, 0.25) is 0 Å². The van der Waals surface area contributed by atoms with E-state index in [9.17, 15) is 14.4 Å². The van der Waals surface area contributed by atoms with Crippen molar-refractivity contribution in [2.24, 2.45) is 0 Å². The maximum Gasteiger partial charge on any atom is 0.359 e. The molecule has 2 aromatic rings. The SMILES string of the molecule is CCOC(=O)c1nn(-c2ccccc2C(=O)OC)cc1C=O. The zero-order valence-corrected chi connectivity index (χ0v) is 12.1. The first-order valence-electron chi connectivity index (χ1n) is 6.52. The van der Waals surface area contributed by atoms with Crippen LogP contribution in [0.1, 0.15) is 38.1 Å². The van der Waals surface area contributed by atoms with Gasteiger partial charge in [-0.2, -0.15) is 5.10 Å². The van der Waals surface area contributed by atoms with Gasteiger partial charge < -0.3 is 9.47 Å². The van der Waals surface area contributed by atoms with Crippen molar-refractivity contribution in [3.05, 3.63) is 47.3 Å². The molecule has 7 nitrogen and oxygen atoms in total. The molecular weight excluding hydrogens is 288 g/mol. The maximum absolute atomic E-state index is 11.8. The molecule has 7 heteroatoms. The maximum atomic E-state index is 11.8. The second kappa shape index (κ2) is 6.66. The first-order valence-corrected chi connectivity index (χ1v) is 6.52. The number of aromatic nitrogens is 2. The fourth-order valence-corrected chi connectivity index (χ4v) is 1.91. The van der Waals surface area contributed by atoms with E-state index >= 15 is 0 Å². The summed E-state index contributed by atoms with van der Waals surface area (Å²) in [6, 6.07) is 6.57. The molecule has 0 N–H and O–H groups in total. The summed E-state index contributed by atoms with van der Waals surface area (Å²) in [5.41, 5.74) is 0.642. The normalized spacial score (nSPS) is 10.1. The summed E-state index contributed by atoms with van der Waals surface area (Å²) in [5.74, 6) is -1.24. The third-order valence-corrected chi connectivity index (χ3v) is 2.89. The number of ether oxygens (including phenoxy) is 2. The smallest absolute Gasteiger partial charge is 0.359 e. The van der Waals surface area contributed by atoms with E-state index in [-0.39, 0.29) is 23.4 Å². The second-order valence-corrected chi connectivity index (χ2v) is 4.22. The molecule has 0 saturated heterocycles. The third kappa shape index (κ3) is 2.88. The number of carbonyl (C=O) groups is 3. The molecule has 0 radical (unpaired) electrons. The largest absolute Gasteiger partial charge is 0.465 e. The van der Waals surface area contributed by atoms with Gasteiger partial charge in [-0.25, -0.2) is 14.3 Å². The van der Waals surface area contributed by atoms with Crippen LogP contribution in [-0.4, -0.2) is 41.7 Å². The van der Waals surface area contributed by atoms with E-state index in [0.717, 1.165) is 0 Å². The van der Waals surface area contributed by atoms with Gasteiger partial charge in [-0.1, -0.05) is 12.1 Å². The molecule has 0 saturated carbocycles. The minimum atomic E-state index is -0.695. The Morgan fingerprint density at radius 3 is 2.64 bits per heavy atom. The minimum Gasteiger partial charge on any atom is -0.465 e. The van der Waals surface area contributed by atoms with Crippen LogP contribution >= 0.6 is 0 Å². The number of esters is 2. The number of aldehydes is 1. The average molecular weight is 302 g/mol. The monoisotopic (exact) mass is 302 g/mol. The predicted octanol–water partition coefficient (Wildman–Crippen LogP) is 1.65. The van der Waals surface area contributed by atoms with Crippen molar-refractivity contribution in [1.29, 1.82) is 0 Å². The summed E-state index contributed by atoms with van der Waals surface area (Å²) in [4.78, 5) is 34.7. The van der Waals surface area contributed by atoms with E-state index in [1.165, 1.54) is 18.0 Å². The van der Waals surface area contributed by atoms with E-state index < -0.39 is 11.9 Å². The quantitative estimate of drug-likeness (QED) is 0.616. The third-order valence-electron chi connectivity index (χ3n) is 2.89. The number of methoxy groups -OCH3 is 1. The predicted molar refractivity (Wildman–Crippen MR) is 76.2 cm³/mol. The molecule has 0 aliphatic rings. The molecule has 0 amide bonds. The first-order chi connectivity index (χ1) is 10.6. The van der Waals surface area contributed by atoms with Gasteiger partial charge >= 0.3 is 11.9 Å². The highest BCUT2D eigenvalue weighted by molar-refractivity contribution is 5.97. The van der Waals surface area contributed by atoms with E-state index in [1.54, 1.807) is 31.2 Å². The number of benzene rings is 1. The van der Waals surface area contributed by atoms with Crippen molar-refractivity contribution >= 4 is 18.2 Å². The molecule has 0 atom stereocenters. The van der Waals surface area contributed by atoms with Gasteiger partial charge in [0.05, 0.1) is 30.5 Å². The summed E-state index contributed by atoms with van der Waals surface area (Å²) >= 11 is 0. The highest BCUT2D eigenvalue weighted by Crippen LogP contribution is 2.17. The standard InChI is InChI=1S/C15H14N2O5/c1-3-22-15(20)13-10(9-18)8-17(16-13)12-7-5-4-6-11(12)14(19)21-2/h4-9H,3H2,1-2H3. The van der Waals surface area contributed by atoms with E-state index in [2.05, 4.69) is 5.10 Å². The van der Waals surface area contributed by atoms with Crippen LogP contribution in [0.3, 0.4) is 0 Å². The van der Waals surface area contributed by atoms with E-state index in [0.29, 0.717) is 12.0 Å². The Morgan fingerprint density at radius 1 is 1.27 bits per heavy atom. The lowest BCUT2D eigenvalue weighted by molar-refractivity contribution is 0.0516. The average Bonchev–Trinajstić information content (AvgIpc) is 2.98. The van der Waals surface area contributed by atoms with Crippen LogP contribution in [0, 0.1) is 0 Å². The Balaban J connectivity index is 2.53. The van der Waals surface area contributed by atoms with Crippen molar-refractivity contribution in [3.8, 4) is 5.69 Å². The number of nitrogens with zero attached hydrogens (tertiary/aromatic N) is 2. The highest BCUT2D eigenvalue weighted by atomic mass is 16.5. The summed E-state index contributed by atoms with van der Waals surface area (Å²) < 4.78 is 10.8. The highest BCUT2D eigenvalue weighted by Gasteiger charge is 2.20. The van der Waals surface area contributed by atoms with Crippen molar-refractivity contribution in [2.75, 3.05) is 13.7 Å². The van der Waals surface area contributed by atoms with Gasteiger partial charge in [0, 0.05) is 6.20 Å². The van der Waals surface area contributed by atoms with Gasteiger partial charge in [0.15, 0.2) is 12.0 Å². The van der Waals surface area contributed by atoms with Gasteiger partial charge in [-0.3, -0.25) is 4.79 Å². The van der Waals surface area contributed by atoms with Gasteiger partial charge in [-0.05, 0) is 19.1 Å². The van der Waals surface area contributed by atoms with E-state index in [1.807, 2.05) is 0 Å². The molecule has 0 aliphatic heterocycles. The molecule has 1 aromatic heterocycles. The molecule has 0 unspecified atom stereocenters. The second-order valence-electron chi connectivity index (χ2n) is 4.22. The molecular formula is C15H14N2O5. The molecule has 2 rings (SSSR count). The zero-order chi connectivity index (χ0) is 16.1. The minimum absolute atomic E-state index is 0.0816. The van der Waals surface area contributed by atoms with Crippen LogP contribution in [0.15, 0.2) is 30.5 Å². The van der Waals surface area contributed by atoms with Crippen LogP contribution in [0.5, 0.6) is 0 Å². The molecule has 1 heterocycles. The lowest BCUT2D eigenvalue weighted by Gasteiger charge is -2.07. The Labute approximate surface area is 126 Å². The number of rotatable bonds is 5. The van der Waals surface area contributed by atoms with Gasteiger partial charge in [-0.15, -0.1) is 0 Å².